The van der Waals surface area contributed by atoms with Gasteiger partial charge in [0.25, 0.3) is 0 Å². The summed E-state index contributed by atoms with van der Waals surface area (Å²) in [6.45, 7) is 8.61. The smallest absolute Gasteiger partial charge is 1.00 e. The van der Waals surface area contributed by atoms with E-state index < -0.39 is 0 Å². The molecular formula is C88H78Cl2N2Si2Zr2. The van der Waals surface area contributed by atoms with Crippen LogP contribution in [-0.4, -0.2) is 28.2 Å². The van der Waals surface area contributed by atoms with Crippen LogP contribution in [-0.2, 0) is 52.4 Å². The fourth-order valence-electron chi connectivity index (χ4n) is 14.1. The van der Waals surface area contributed by atoms with Gasteiger partial charge in [-0.15, -0.1) is 138 Å². The van der Waals surface area contributed by atoms with Gasteiger partial charge in [-0.05, 0) is 110 Å². The number of aromatic nitrogens is 2. The minimum atomic E-state index is 0. The van der Waals surface area contributed by atoms with E-state index in [1.807, 2.05) is 0 Å². The van der Waals surface area contributed by atoms with Crippen molar-refractivity contribution in [3.8, 4) is 33.6 Å². The van der Waals surface area contributed by atoms with E-state index in [4.69, 9.17) is 0 Å². The molecule has 96 heavy (non-hydrogen) atoms. The molecule has 20 rings (SSSR count). The number of halogens is 2. The van der Waals surface area contributed by atoms with Crippen molar-refractivity contribution in [2.45, 2.75) is 101 Å². The Balaban J connectivity index is 0.000000126. The maximum absolute atomic E-state index is 2.43. The molecule has 4 saturated carbocycles. The minimum Gasteiger partial charge on any atom is -1.00 e. The van der Waals surface area contributed by atoms with Crippen LogP contribution in [0.15, 0.2) is 279 Å². The first-order chi connectivity index (χ1) is 45.5. The molecule has 4 aliphatic carbocycles. The summed E-state index contributed by atoms with van der Waals surface area (Å²) in [6.07, 6.45) is 10.9. The van der Waals surface area contributed by atoms with Gasteiger partial charge in [0.2, 0.25) is 0 Å². The van der Waals surface area contributed by atoms with Gasteiger partial charge in [-0.2, -0.15) is 24.3 Å². The van der Waals surface area contributed by atoms with Crippen LogP contribution in [0.3, 0.4) is 0 Å². The zero-order valence-electron chi connectivity index (χ0n) is 55.2. The Labute approximate surface area is 622 Å². The summed E-state index contributed by atoms with van der Waals surface area (Å²) in [6, 6.07) is 102. The zero-order chi connectivity index (χ0) is 62.1. The molecule has 0 amide bonds. The number of hydrogen-bond donors (Lipinski definition) is 0. The fraction of sp³-hybridized carbons (Fsp3) is 0.182. The molecule has 0 spiro atoms. The van der Waals surface area contributed by atoms with Crippen LogP contribution in [0, 0.1) is 0 Å². The standard InChI is InChI=1S/2C24H18N.2C18H15.2C2H6Si.2ClH.2Zr/c2*1-3-9-22-19(7-1)20-8-2-4-10-23(20)25(22)24-11-5-6-17-14-18(15-21(17)24)16-12-13-16;2*1-2-5-14(6-3-1)17-8-4-7-15-11-16(12-18(15)17)13-9-10-13;2*1-3-2;;;;/h2*1-11,14-16H,12-13H2;2*1-8,11-13H,9-10H2;2*1-2H3;2*1H;;/q4*-1;;;;;2*+3/p-2. The molecule has 470 valence electrons. The number of hydrogen-bond acceptors (Lipinski definition) is 0. The molecule has 0 saturated heterocycles. The van der Waals surface area contributed by atoms with Gasteiger partial charge in [0.05, 0.1) is 22.1 Å². The van der Waals surface area contributed by atoms with Gasteiger partial charge in [0.1, 0.15) is 0 Å². The first-order valence-electron chi connectivity index (χ1n) is 33.5. The topological polar surface area (TPSA) is 9.86 Å². The number of fused-ring (bicyclic) bond motifs is 10. The van der Waals surface area contributed by atoms with Gasteiger partial charge in [0, 0.05) is 52.0 Å². The Morgan fingerprint density at radius 3 is 0.792 bits per heavy atom. The van der Waals surface area contributed by atoms with Gasteiger partial charge in [-0.25, -0.2) is 0 Å². The van der Waals surface area contributed by atoms with E-state index in [0.717, 1.165) is 42.7 Å². The molecule has 4 aliphatic rings. The van der Waals surface area contributed by atoms with Crippen molar-refractivity contribution in [1.82, 2.24) is 9.13 Å². The van der Waals surface area contributed by atoms with E-state index in [0.29, 0.717) is 0 Å². The molecule has 2 nitrogen and oxygen atoms in total. The van der Waals surface area contributed by atoms with E-state index in [2.05, 4.69) is 314 Å². The van der Waals surface area contributed by atoms with Crippen LogP contribution in [0.2, 0.25) is 26.2 Å². The summed E-state index contributed by atoms with van der Waals surface area (Å²) >= 11 is 0. The normalized spacial score (nSPS) is 13.7. The summed E-state index contributed by atoms with van der Waals surface area (Å²) in [7, 11) is 2.17. The second kappa shape index (κ2) is 31.7. The van der Waals surface area contributed by atoms with Crippen LogP contribution in [0.5, 0.6) is 0 Å². The maximum atomic E-state index is 2.43. The van der Waals surface area contributed by atoms with Crippen LogP contribution in [0.1, 0.15) is 97.3 Å². The largest absolute Gasteiger partial charge is 3.00 e. The summed E-state index contributed by atoms with van der Waals surface area (Å²) in [5, 5.41) is 16.4. The van der Waals surface area contributed by atoms with Crippen molar-refractivity contribution >= 4 is 106 Å². The molecule has 14 aromatic carbocycles. The molecule has 4 fully saturated rings. The van der Waals surface area contributed by atoms with Crippen LogP contribution < -0.4 is 24.8 Å². The van der Waals surface area contributed by atoms with Crippen molar-refractivity contribution in [3.05, 3.63) is 301 Å². The van der Waals surface area contributed by atoms with Gasteiger partial charge >= 0.3 is 52.4 Å². The molecular weight excluding hydrogens is 1390 g/mol. The molecule has 0 bridgehead atoms. The average molecular weight is 1470 g/mol. The van der Waals surface area contributed by atoms with Crippen molar-refractivity contribution in [2.24, 2.45) is 0 Å². The molecule has 2 aromatic heterocycles. The quantitative estimate of drug-likeness (QED) is 0.106. The van der Waals surface area contributed by atoms with Crippen molar-refractivity contribution in [2.75, 3.05) is 0 Å². The average Bonchev–Trinajstić information content (AvgIpc) is 1.59. The van der Waals surface area contributed by atoms with Gasteiger partial charge in [0.15, 0.2) is 0 Å². The van der Waals surface area contributed by atoms with E-state index in [1.54, 1.807) is 0 Å². The molecule has 0 atom stereocenters. The molecule has 6 radical (unpaired) electrons. The van der Waals surface area contributed by atoms with Crippen LogP contribution in [0.25, 0.3) is 120 Å². The molecule has 8 heteroatoms. The summed E-state index contributed by atoms with van der Waals surface area (Å²) in [5.41, 5.74) is 19.2. The summed E-state index contributed by atoms with van der Waals surface area (Å²) in [4.78, 5) is 0. The predicted octanol–water partition coefficient (Wildman–Crippen LogP) is 18.8. The van der Waals surface area contributed by atoms with E-state index in [9.17, 15) is 0 Å². The number of benzene rings is 10. The van der Waals surface area contributed by atoms with Gasteiger partial charge < -0.3 is 33.9 Å². The van der Waals surface area contributed by atoms with Crippen LogP contribution >= 0.6 is 0 Å². The monoisotopic (exact) mass is 1470 g/mol. The van der Waals surface area contributed by atoms with Crippen molar-refractivity contribution in [3.63, 3.8) is 0 Å². The number of nitrogens with zero attached hydrogens (tertiary/aromatic N) is 2. The summed E-state index contributed by atoms with van der Waals surface area (Å²) < 4.78 is 4.87. The van der Waals surface area contributed by atoms with Gasteiger partial charge in [-0.3, -0.25) is 0 Å². The van der Waals surface area contributed by atoms with E-state index >= 15 is 0 Å². The predicted molar refractivity (Wildman–Crippen MR) is 401 cm³/mol. The molecule has 16 aromatic rings. The van der Waals surface area contributed by atoms with E-state index in [1.165, 1.54) is 194 Å². The first kappa shape index (κ1) is 70.3. The molecule has 0 unspecified atom stereocenters. The molecule has 2 heterocycles. The Morgan fingerprint density at radius 2 is 0.510 bits per heavy atom. The maximum Gasteiger partial charge on any atom is 3.00 e. The third-order valence-electron chi connectivity index (χ3n) is 19.1. The Morgan fingerprint density at radius 1 is 0.271 bits per heavy atom. The van der Waals surface area contributed by atoms with Crippen LogP contribution in [0.4, 0.5) is 0 Å². The van der Waals surface area contributed by atoms with Gasteiger partial charge in [-0.1, -0.05) is 195 Å². The van der Waals surface area contributed by atoms with E-state index in [-0.39, 0.29) is 77.2 Å². The first-order valence-corrected chi connectivity index (χ1v) is 37.5. The Hall–Kier alpha value is -6.98. The second-order valence-corrected chi connectivity index (χ2v) is 27.9. The third kappa shape index (κ3) is 14.7. The molecule has 0 aliphatic heterocycles. The zero-order valence-corrected chi connectivity index (χ0v) is 63.6. The molecule has 0 N–H and O–H groups in total. The fourth-order valence-corrected chi connectivity index (χ4v) is 14.1. The SMILES string of the molecule is C[Si]C.C[Si]C.[Cl-].[Cl-].[Zr+3].[Zr+3].c1cc(-n2c3ccccc3c3ccccc32)c2cc(C3CC3)[cH-]c2c1.c1cc(-n2c3ccccc3c3ccccc32)c2cc(C3CC3)[cH-]c2c1.c1ccc(-c2cccc3[cH-]c(C4CC4)cc23)cc1.c1ccc(-c2cccc3[cH-]c(C4CC4)cc23)cc1. The minimum absolute atomic E-state index is 0. The third-order valence-corrected chi connectivity index (χ3v) is 19.1. The second-order valence-electron chi connectivity index (χ2n) is 25.9. The summed E-state index contributed by atoms with van der Waals surface area (Å²) in [5.74, 6) is 3.25. The number of para-hydroxylation sites is 4. The Kier molecular flexibility index (Phi) is 23.2. The van der Waals surface area contributed by atoms with Crippen molar-refractivity contribution in [1.29, 1.82) is 0 Å². The van der Waals surface area contributed by atoms with Crippen molar-refractivity contribution < 1.29 is 77.2 Å². The number of rotatable bonds is 8. The Bertz CT molecular complexity index is 4790.